The van der Waals surface area contributed by atoms with Gasteiger partial charge in [0.25, 0.3) is 5.91 Å². The normalized spacial score (nSPS) is 14.0. The van der Waals surface area contributed by atoms with Crippen LogP contribution in [0, 0.1) is 12.7 Å². The monoisotopic (exact) mass is 317 g/mol. The molecule has 0 unspecified atom stereocenters. The summed E-state index contributed by atoms with van der Waals surface area (Å²) in [6.07, 6.45) is 0.619. The van der Waals surface area contributed by atoms with Gasteiger partial charge in [-0.05, 0) is 37.1 Å². The lowest BCUT2D eigenvalue weighted by Gasteiger charge is -2.19. The number of rotatable bonds is 3. The Labute approximate surface area is 134 Å². The Kier molecular flexibility index (Phi) is 4.17. The van der Waals surface area contributed by atoms with Crippen LogP contribution in [0.1, 0.15) is 52.7 Å². The molecule has 122 valence electrons. The van der Waals surface area contributed by atoms with E-state index in [1.165, 1.54) is 0 Å². The van der Waals surface area contributed by atoms with E-state index in [9.17, 15) is 9.18 Å². The second-order valence-electron chi connectivity index (χ2n) is 6.11. The van der Waals surface area contributed by atoms with E-state index in [0.29, 0.717) is 35.5 Å². The molecule has 2 N–H and O–H groups in total. The van der Waals surface area contributed by atoms with Crippen LogP contribution >= 0.6 is 0 Å². The minimum absolute atomic E-state index is 0.0244. The second-order valence-corrected chi connectivity index (χ2v) is 6.11. The van der Waals surface area contributed by atoms with Gasteiger partial charge in [0.2, 0.25) is 0 Å². The molecule has 0 saturated carbocycles. The third kappa shape index (κ3) is 2.86. The molecular weight excluding hydrogens is 297 g/mol. The van der Waals surface area contributed by atoms with E-state index in [-0.39, 0.29) is 23.3 Å². The van der Waals surface area contributed by atoms with Crippen molar-refractivity contribution >= 4 is 11.6 Å². The summed E-state index contributed by atoms with van der Waals surface area (Å²) < 4.78 is 19.9. The number of amides is 1. The van der Waals surface area contributed by atoms with E-state index in [4.69, 9.17) is 4.52 Å². The molecule has 3 rings (SSSR count). The topological polar surface area (TPSA) is 67.2 Å². The van der Waals surface area contributed by atoms with E-state index >= 15 is 0 Å². The zero-order chi connectivity index (χ0) is 16.6. The highest BCUT2D eigenvalue weighted by Crippen LogP contribution is 2.27. The van der Waals surface area contributed by atoms with Crippen LogP contribution in [0.3, 0.4) is 0 Å². The molecular formula is C17H20FN3O2. The van der Waals surface area contributed by atoms with Crippen molar-refractivity contribution in [2.75, 3.05) is 11.9 Å². The summed E-state index contributed by atoms with van der Waals surface area (Å²) in [7, 11) is 0. The zero-order valence-electron chi connectivity index (χ0n) is 13.5. The van der Waals surface area contributed by atoms with Crippen molar-refractivity contribution in [2.24, 2.45) is 0 Å². The first kappa shape index (κ1) is 15.7. The summed E-state index contributed by atoms with van der Waals surface area (Å²) >= 11 is 0. The van der Waals surface area contributed by atoms with Crippen LogP contribution in [0.5, 0.6) is 0 Å². The van der Waals surface area contributed by atoms with Crippen LogP contribution in [0.4, 0.5) is 10.1 Å². The van der Waals surface area contributed by atoms with Crippen LogP contribution in [0.25, 0.3) is 0 Å². The van der Waals surface area contributed by atoms with Gasteiger partial charge in [0.15, 0.2) is 5.76 Å². The van der Waals surface area contributed by atoms with E-state index in [1.807, 2.05) is 19.9 Å². The Balaban J connectivity index is 1.91. The Hall–Kier alpha value is -2.21. The third-order valence-corrected chi connectivity index (χ3v) is 4.10. The molecule has 23 heavy (non-hydrogen) atoms. The number of carbonyl (C=O) groups excluding carboxylic acids is 1. The quantitative estimate of drug-likeness (QED) is 0.912. The number of hydrogen-bond acceptors (Lipinski definition) is 4. The highest BCUT2D eigenvalue weighted by Gasteiger charge is 2.24. The van der Waals surface area contributed by atoms with Gasteiger partial charge in [-0.25, -0.2) is 4.39 Å². The number of fused-ring (bicyclic) bond motifs is 1. The smallest absolute Gasteiger partial charge is 0.261 e. The van der Waals surface area contributed by atoms with Gasteiger partial charge in [0.1, 0.15) is 11.4 Å². The third-order valence-electron chi connectivity index (χ3n) is 4.10. The maximum absolute atomic E-state index is 14.6. The number of nitrogens with zero attached hydrogens (tertiary/aromatic N) is 1. The predicted molar refractivity (Wildman–Crippen MR) is 85.1 cm³/mol. The van der Waals surface area contributed by atoms with Crippen LogP contribution in [0.15, 0.2) is 16.7 Å². The molecule has 6 heteroatoms. The lowest BCUT2D eigenvalue weighted by Crippen LogP contribution is -2.25. The molecule has 5 nitrogen and oxygen atoms in total. The molecule has 1 aliphatic heterocycles. The first-order valence-electron chi connectivity index (χ1n) is 7.77. The molecule has 0 saturated heterocycles. The minimum Gasteiger partial charge on any atom is -0.360 e. The fourth-order valence-corrected chi connectivity index (χ4v) is 2.87. The molecule has 1 aromatic carbocycles. The van der Waals surface area contributed by atoms with Gasteiger partial charge in [-0.3, -0.25) is 4.79 Å². The standard InChI is InChI=1S/C17H20FN3O2/c1-9(2)16-14(10(3)21-23-16)17(22)20-13-5-4-11-8-19-7-6-12(11)15(13)18/h4-5,9,19H,6-8H2,1-3H3,(H,20,22). The molecule has 1 amide bonds. The predicted octanol–water partition coefficient (Wildman–Crippen LogP) is 3.14. The Bertz CT molecular complexity index is 753. The van der Waals surface area contributed by atoms with E-state index < -0.39 is 0 Å². The SMILES string of the molecule is Cc1noc(C(C)C)c1C(=O)Nc1ccc2c(c1F)CCNC2. The van der Waals surface area contributed by atoms with Crippen molar-refractivity contribution in [3.8, 4) is 0 Å². The molecule has 2 aromatic rings. The van der Waals surface area contributed by atoms with Crippen molar-refractivity contribution in [1.82, 2.24) is 10.5 Å². The lowest BCUT2D eigenvalue weighted by atomic mass is 9.99. The Morgan fingerprint density at radius 2 is 2.22 bits per heavy atom. The van der Waals surface area contributed by atoms with Crippen LogP contribution in [0.2, 0.25) is 0 Å². The highest BCUT2D eigenvalue weighted by atomic mass is 19.1. The van der Waals surface area contributed by atoms with Gasteiger partial charge in [-0.2, -0.15) is 0 Å². The fourth-order valence-electron chi connectivity index (χ4n) is 2.87. The van der Waals surface area contributed by atoms with Crippen LogP contribution in [-0.2, 0) is 13.0 Å². The maximum atomic E-state index is 14.6. The number of hydrogen-bond donors (Lipinski definition) is 2. The maximum Gasteiger partial charge on any atom is 0.261 e. The van der Waals surface area contributed by atoms with E-state index in [2.05, 4.69) is 15.8 Å². The van der Waals surface area contributed by atoms with Gasteiger partial charge >= 0.3 is 0 Å². The summed E-state index contributed by atoms with van der Waals surface area (Å²) in [5.74, 6) is -0.197. The molecule has 1 aromatic heterocycles. The molecule has 0 spiro atoms. The average molecular weight is 317 g/mol. The molecule has 0 radical (unpaired) electrons. The summed E-state index contributed by atoms with van der Waals surface area (Å²) in [5, 5.41) is 9.72. The number of aromatic nitrogens is 1. The van der Waals surface area contributed by atoms with E-state index in [0.717, 1.165) is 12.1 Å². The molecule has 0 aliphatic carbocycles. The number of halogens is 1. The largest absolute Gasteiger partial charge is 0.360 e. The van der Waals surface area contributed by atoms with Crippen molar-refractivity contribution < 1.29 is 13.7 Å². The van der Waals surface area contributed by atoms with Gasteiger partial charge in [0.05, 0.1) is 11.4 Å². The van der Waals surface area contributed by atoms with Crippen LogP contribution < -0.4 is 10.6 Å². The van der Waals surface area contributed by atoms with E-state index in [1.54, 1.807) is 13.0 Å². The number of benzene rings is 1. The first-order chi connectivity index (χ1) is 11.0. The highest BCUT2D eigenvalue weighted by molar-refractivity contribution is 6.05. The molecule has 2 heterocycles. The van der Waals surface area contributed by atoms with Crippen molar-refractivity contribution in [1.29, 1.82) is 0 Å². The van der Waals surface area contributed by atoms with Gasteiger partial charge in [-0.1, -0.05) is 25.1 Å². The van der Waals surface area contributed by atoms with Crippen molar-refractivity contribution in [3.05, 3.63) is 46.1 Å². The molecule has 0 atom stereocenters. The summed E-state index contributed by atoms with van der Waals surface area (Å²) in [4.78, 5) is 12.6. The van der Waals surface area contributed by atoms with Gasteiger partial charge in [0, 0.05) is 12.5 Å². The first-order valence-corrected chi connectivity index (χ1v) is 7.77. The van der Waals surface area contributed by atoms with Crippen molar-refractivity contribution in [2.45, 2.75) is 39.7 Å². The van der Waals surface area contributed by atoms with Crippen molar-refractivity contribution in [3.63, 3.8) is 0 Å². The molecule has 0 bridgehead atoms. The molecule has 1 aliphatic rings. The summed E-state index contributed by atoms with van der Waals surface area (Å²) in [5.41, 5.74) is 2.71. The Morgan fingerprint density at radius 1 is 1.43 bits per heavy atom. The number of carbonyl (C=O) groups is 1. The van der Waals surface area contributed by atoms with Gasteiger partial charge < -0.3 is 15.2 Å². The summed E-state index contributed by atoms with van der Waals surface area (Å²) in [6.45, 7) is 6.94. The number of aryl methyl sites for hydroxylation is 1. The number of anilines is 1. The second kappa shape index (κ2) is 6.12. The minimum atomic E-state index is -0.389. The number of nitrogens with one attached hydrogen (secondary N) is 2. The zero-order valence-corrected chi connectivity index (χ0v) is 13.5. The fraction of sp³-hybridized carbons (Fsp3) is 0.412. The summed E-state index contributed by atoms with van der Waals surface area (Å²) in [6, 6.07) is 3.46. The molecule has 0 fully saturated rings. The average Bonchev–Trinajstić information content (AvgIpc) is 2.92. The van der Waals surface area contributed by atoms with Gasteiger partial charge in [-0.15, -0.1) is 0 Å². The lowest BCUT2D eigenvalue weighted by molar-refractivity contribution is 0.102. The van der Waals surface area contributed by atoms with Crippen LogP contribution in [-0.4, -0.2) is 17.6 Å². The Morgan fingerprint density at radius 3 is 2.96 bits per heavy atom.